The third-order valence-electron chi connectivity index (χ3n) is 3.77. The van der Waals surface area contributed by atoms with Gasteiger partial charge in [0.2, 0.25) is 0 Å². The van der Waals surface area contributed by atoms with Crippen molar-refractivity contribution < 1.29 is 0 Å². The lowest BCUT2D eigenvalue weighted by atomic mass is 9.98. The summed E-state index contributed by atoms with van der Waals surface area (Å²) in [5.74, 6) is 0. The molecule has 3 aromatic carbocycles. The molecule has 106 valence electrons. The number of rotatable bonds is 3. The Kier molecular flexibility index (Phi) is 4.32. The average molecular weight is 360 g/mol. The molecule has 0 spiro atoms. The molecular weight excluding hydrogens is 344 g/mol. The van der Waals surface area contributed by atoms with E-state index in [1.54, 1.807) is 0 Å². The SMILES string of the molecule is Cc1ccc(C(Br)Cc2cccc3ccccc23)c(Cl)c1. The van der Waals surface area contributed by atoms with Crippen LogP contribution in [0.4, 0.5) is 0 Å². The average Bonchev–Trinajstić information content (AvgIpc) is 2.47. The number of hydrogen-bond acceptors (Lipinski definition) is 0. The highest BCUT2D eigenvalue weighted by Crippen LogP contribution is 2.34. The molecule has 2 heteroatoms. The van der Waals surface area contributed by atoms with Crippen molar-refractivity contribution in [1.29, 1.82) is 0 Å². The molecule has 1 atom stereocenters. The van der Waals surface area contributed by atoms with Crippen LogP contribution in [-0.2, 0) is 6.42 Å². The van der Waals surface area contributed by atoms with Gasteiger partial charge in [0.1, 0.15) is 0 Å². The van der Waals surface area contributed by atoms with Crippen molar-refractivity contribution in [3.05, 3.63) is 82.4 Å². The van der Waals surface area contributed by atoms with Gasteiger partial charge in [-0.05, 0) is 46.9 Å². The van der Waals surface area contributed by atoms with E-state index in [2.05, 4.69) is 77.5 Å². The maximum atomic E-state index is 6.38. The zero-order chi connectivity index (χ0) is 14.8. The summed E-state index contributed by atoms with van der Waals surface area (Å²) in [6, 6.07) is 21.2. The zero-order valence-corrected chi connectivity index (χ0v) is 14.2. The summed E-state index contributed by atoms with van der Waals surface area (Å²) in [6.45, 7) is 2.06. The monoisotopic (exact) mass is 358 g/mol. The van der Waals surface area contributed by atoms with Crippen molar-refractivity contribution in [3.63, 3.8) is 0 Å². The third kappa shape index (κ3) is 3.14. The first-order chi connectivity index (χ1) is 10.1. The molecule has 0 aliphatic carbocycles. The van der Waals surface area contributed by atoms with E-state index >= 15 is 0 Å². The molecule has 3 rings (SSSR count). The molecule has 0 radical (unpaired) electrons. The Balaban J connectivity index is 1.94. The Labute approximate surface area is 138 Å². The number of aryl methyl sites for hydroxylation is 1. The van der Waals surface area contributed by atoms with Gasteiger partial charge in [0.25, 0.3) is 0 Å². The second-order valence-corrected chi connectivity index (χ2v) is 6.85. The summed E-state index contributed by atoms with van der Waals surface area (Å²) in [5, 5.41) is 3.43. The van der Waals surface area contributed by atoms with Crippen molar-refractivity contribution in [1.82, 2.24) is 0 Å². The van der Waals surface area contributed by atoms with E-state index in [1.807, 2.05) is 6.07 Å². The van der Waals surface area contributed by atoms with E-state index in [1.165, 1.54) is 21.9 Å². The molecule has 0 N–H and O–H groups in total. The summed E-state index contributed by atoms with van der Waals surface area (Å²) in [4.78, 5) is 0.219. The predicted molar refractivity (Wildman–Crippen MR) is 95.5 cm³/mol. The summed E-state index contributed by atoms with van der Waals surface area (Å²) < 4.78 is 0. The van der Waals surface area contributed by atoms with Gasteiger partial charge < -0.3 is 0 Å². The highest BCUT2D eigenvalue weighted by molar-refractivity contribution is 9.09. The summed E-state index contributed by atoms with van der Waals surface area (Å²) in [7, 11) is 0. The topological polar surface area (TPSA) is 0 Å². The Bertz CT molecular complexity index is 774. The Morgan fingerprint density at radius 1 is 1.00 bits per heavy atom. The first kappa shape index (κ1) is 14.6. The van der Waals surface area contributed by atoms with Crippen LogP contribution in [0.2, 0.25) is 5.02 Å². The quantitative estimate of drug-likeness (QED) is 0.469. The number of alkyl halides is 1. The number of hydrogen-bond donors (Lipinski definition) is 0. The number of halogens is 2. The van der Waals surface area contributed by atoms with E-state index in [9.17, 15) is 0 Å². The Hall–Kier alpha value is -1.31. The minimum absolute atomic E-state index is 0.219. The fourth-order valence-corrected chi connectivity index (χ4v) is 3.91. The van der Waals surface area contributed by atoms with E-state index in [0.29, 0.717) is 0 Å². The van der Waals surface area contributed by atoms with Gasteiger partial charge in [-0.3, -0.25) is 0 Å². The van der Waals surface area contributed by atoms with Crippen LogP contribution < -0.4 is 0 Å². The largest absolute Gasteiger partial charge is 0.0840 e. The molecule has 0 saturated heterocycles. The van der Waals surface area contributed by atoms with Crippen LogP contribution in [0.5, 0.6) is 0 Å². The van der Waals surface area contributed by atoms with E-state index < -0.39 is 0 Å². The number of benzene rings is 3. The lowest BCUT2D eigenvalue weighted by Crippen LogP contribution is -1.97. The van der Waals surface area contributed by atoms with Crippen LogP contribution >= 0.6 is 27.5 Å². The van der Waals surface area contributed by atoms with Gasteiger partial charge >= 0.3 is 0 Å². The van der Waals surface area contributed by atoms with Gasteiger partial charge in [-0.1, -0.05) is 82.1 Å². The van der Waals surface area contributed by atoms with E-state index in [-0.39, 0.29) is 4.83 Å². The molecule has 0 aliphatic rings. The van der Waals surface area contributed by atoms with Crippen LogP contribution in [0.3, 0.4) is 0 Å². The molecule has 1 unspecified atom stereocenters. The minimum atomic E-state index is 0.219. The Morgan fingerprint density at radius 3 is 2.57 bits per heavy atom. The normalized spacial score (nSPS) is 12.5. The summed E-state index contributed by atoms with van der Waals surface area (Å²) >= 11 is 10.2. The highest BCUT2D eigenvalue weighted by atomic mass is 79.9. The maximum absolute atomic E-state index is 6.38. The van der Waals surface area contributed by atoms with E-state index in [0.717, 1.165) is 17.0 Å². The molecule has 0 saturated carbocycles. The predicted octanol–water partition coefficient (Wildman–Crippen LogP) is 6.48. The van der Waals surface area contributed by atoms with E-state index in [4.69, 9.17) is 11.6 Å². The van der Waals surface area contributed by atoms with Crippen molar-refractivity contribution in [2.75, 3.05) is 0 Å². The lowest BCUT2D eigenvalue weighted by molar-refractivity contribution is 0.957. The second kappa shape index (κ2) is 6.21. The molecule has 0 aromatic heterocycles. The Morgan fingerprint density at radius 2 is 1.76 bits per heavy atom. The summed E-state index contributed by atoms with van der Waals surface area (Å²) in [6.07, 6.45) is 0.921. The van der Waals surface area contributed by atoms with Crippen molar-refractivity contribution in [2.45, 2.75) is 18.2 Å². The van der Waals surface area contributed by atoms with Crippen LogP contribution in [0.15, 0.2) is 60.7 Å². The molecule has 3 aromatic rings. The van der Waals surface area contributed by atoms with Gasteiger partial charge in [-0.25, -0.2) is 0 Å². The van der Waals surface area contributed by atoms with Crippen molar-refractivity contribution in [3.8, 4) is 0 Å². The smallest absolute Gasteiger partial charge is 0.0452 e. The molecule has 21 heavy (non-hydrogen) atoms. The van der Waals surface area contributed by atoms with Gasteiger partial charge in [-0.2, -0.15) is 0 Å². The molecule has 0 bridgehead atoms. The number of fused-ring (bicyclic) bond motifs is 1. The highest BCUT2D eigenvalue weighted by Gasteiger charge is 2.13. The van der Waals surface area contributed by atoms with Crippen molar-refractivity contribution in [2.24, 2.45) is 0 Å². The van der Waals surface area contributed by atoms with Crippen LogP contribution in [0, 0.1) is 6.92 Å². The zero-order valence-electron chi connectivity index (χ0n) is 11.8. The fraction of sp³-hybridized carbons (Fsp3) is 0.158. The summed E-state index contributed by atoms with van der Waals surface area (Å²) in [5.41, 5.74) is 3.68. The standard InChI is InChI=1S/C19H16BrCl/c1-13-9-10-17(19(21)11-13)18(20)12-15-7-4-6-14-5-2-3-8-16(14)15/h2-11,18H,12H2,1H3. The lowest BCUT2D eigenvalue weighted by Gasteiger charge is -2.14. The minimum Gasteiger partial charge on any atom is -0.0840 e. The van der Waals surface area contributed by atoms with Gasteiger partial charge in [-0.15, -0.1) is 0 Å². The third-order valence-corrected chi connectivity index (χ3v) is 4.92. The first-order valence-electron chi connectivity index (χ1n) is 7.02. The van der Waals surface area contributed by atoms with Crippen molar-refractivity contribution >= 4 is 38.3 Å². The van der Waals surface area contributed by atoms with Crippen LogP contribution in [0.25, 0.3) is 10.8 Å². The molecular formula is C19H16BrCl. The molecule has 0 heterocycles. The second-order valence-electron chi connectivity index (χ2n) is 5.33. The van der Waals surface area contributed by atoms with Gasteiger partial charge in [0.15, 0.2) is 0 Å². The fourth-order valence-electron chi connectivity index (χ4n) is 2.66. The van der Waals surface area contributed by atoms with Gasteiger partial charge in [0, 0.05) is 9.85 Å². The molecule has 0 amide bonds. The molecule has 0 nitrogen and oxygen atoms in total. The van der Waals surface area contributed by atoms with Crippen LogP contribution in [0.1, 0.15) is 21.5 Å². The first-order valence-corrected chi connectivity index (χ1v) is 8.31. The maximum Gasteiger partial charge on any atom is 0.0452 e. The molecule has 0 aliphatic heterocycles. The van der Waals surface area contributed by atoms with Gasteiger partial charge in [0.05, 0.1) is 0 Å². The molecule has 0 fully saturated rings. The van der Waals surface area contributed by atoms with Crippen LogP contribution in [-0.4, -0.2) is 0 Å².